The van der Waals surface area contributed by atoms with E-state index in [1.807, 2.05) is 49.4 Å². The molecule has 1 heterocycles. The molecular weight excluding hydrogens is 272 g/mol. The topological polar surface area (TPSA) is 32.7 Å². The fourth-order valence-corrected chi connectivity index (χ4v) is 2.50. The highest BCUT2D eigenvalue weighted by molar-refractivity contribution is 6.31. The summed E-state index contributed by atoms with van der Waals surface area (Å²) in [5.41, 5.74) is 3.39. The van der Waals surface area contributed by atoms with Gasteiger partial charge in [0.05, 0.1) is 5.69 Å². The van der Waals surface area contributed by atoms with Gasteiger partial charge in [-0.25, -0.2) is 0 Å². The van der Waals surface area contributed by atoms with Crippen molar-refractivity contribution in [3.63, 3.8) is 0 Å². The number of nitrogens with zero attached hydrogens (tertiary/aromatic N) is 2. The SMILES string of the molecule is CC1=NCC(=O)N(c2ccccc2)c2ccc(Cl)cc21. The van der Waals surface area contributed by atoms with Crippen molar-refractivity contribution >= 4 is 34.6 Å². The van der Waals surface area contributed by atoms with Crippen LogP contribution in [0.3, 0.4) is 0 Å². The smallest absolute Gasteiger partial charge is 0.253 e. The van der Waals surface area contributed by atoms with Gasteiger partial charge >= 0.3 is 0 Å². The molecule has 1 aliphatic rings. The molecule has 0 fully saturated rings. The highest BCUT2D eigenvalue weighted by atomic mass is 35.5. The van der Waals surface area contributed by atoms with Crippen LogP contribution in [0.15, 0.2) is 53.5 Å². The van der Waals surface area contributed by atoms with Crippen molar-refractivity contribution in [3.05, 3.63) is 59.1 Å². The van der Waals surface area contributed by atoms with E-state index in [1.54, 1.807) is 11.0 Å². The molecule has 1 aliphatic heterocycles. The first kappa shape index (κ1) is 12.9. The zero-order valence-electron chi connectivity index (χ0n) is 11.0. The van der Waals surface area contributed by atoms with Crippen LogP contribution in [0.4, 0.5) is 11.4 Å². The molecule has 0 aromatic heterocycles. The van der Waals surface area contributed by atoms with Gasteiger partial charge in [-0.15, -0.1) is 0 Å². The average molecular weight is 285 g/mol. The highest BCUT2D eigenvalue weighted by Gasteiger charge is 2.24. The van der Waals surface area contributed by atoms with Crippen molar-refractivity contribution in [2.45, 2.75) is 6.92 Å². The summed E-state index contributed by atoms with van der Waals surface area (Å²) in [5.74, 6) is -0.0448. The van der Waals surface area contributed by atoms with Crippen LogP contribution in [0.1, 0.15) is 12.5 Å². The van der Waals surface area contributed by atoms with Gasteiger partial charge in [-0.05, 0) is 37.3 Å². The lowest BCUT2D eigenvalue weighted by molar-refractivity contribution is -0.116. The molecule has 0 saturated heterocycles. The normalized spacial score (nSPS) is 14.6. The maximum atomic E-state index is 12.4. The number of carbonyl (C=O) groups excluding carboxylic acids is 1. The van der Waals surface area contributed by atoms with E-state index in [1.165, 1.54) is 0 Å². The standard InChI is InChI=1S/C16H13ClN2O/c1-11-14-9-12(17)7-8-15(14)19(16(20)10-18-11)13-5-3-2-4-6-13/h2-9H,10H2,1H3. The molecule has 3 nitrogen and oxygen atoms in total. The molecule has 0 atom stereocenters. The first-order chi connectivity index (χ1) is 9.66. The third kappa shape index (κ3) is 2.21. The van der Waals surface area contributed by atoms with E-state index < -0.39 is 0 Å². The number of benzodiazepines with no additional fused rings is 1. The van der Waals surface area contributed by atoms with Gasteiger partial charge in [0, 0.05) is 22.0 Å². The van der Waals surface area contributed by atoms with Gasteiger partial charge in [0.2, 0.25) is 0 Å². The summed E-state index contributed by atoms with van der Waals surface area (Å²) >= 11 is 6.07. The van der Waals surface area contributed by atoms with E-state index in [2.05, 4.69) is 4.99 Å². The average Bonchev–Trinajstić information content (AvgIpc) is 2.58. The number of aliphatic imine (C=N–C) groups is 1. The molecule has 0 unspecified atom stereocenters. The third-order valence-electron chi connectivity index (χ3n) is 3.30. The van der Waals surface area contributed by atoms with Crippen LogP contribution in [0.2, 0.25) is 5.02 Å². The Morgan fingerprint density at radius 3 is 2.65 bits per heavy atom. The quantitative estimate of drug-likeness (QED) is 0.783. The van der Waals surface area contributed by atoms with E-state index in [0.717, 1.165) is 22.6 Å². The fourth-order valence-electron chi connectivity index (χ4n) is 2.33. The minimum Gasteiger partial charge on any atom is -0.279 e. The predicted octanol–water partition coefficient (Wildman–Crippen LogP) is 3.83. The molecular formula is C16H13ClN2O. The first-order valence-electron chi connectivity index (χ1n) is 6.36. The van der Waals surface area contributed by atoms with E-state index in [9.17, 15) is 4.79 Å². The van der Waals surface area contributed by atoms with Crippen molar-refractivity contribution in [1.82, 2.24) is 0 Å². The number of rotatable bonds is 1. The van der Waals surface area contributed by atoms with Gasteiger partial charge in [-0.2, -0.15) is 0 Å². The van der Waals surface area contributed by atoms with Gasteiger partial charge in [0.15, 0.2) is 0 Å². The maximum Gasteiger partial charge on any atom is 0.253 e. The largest absolute Gasteiger partial charge is 0.279 e. The Labute approximate surface area is 122 Å². The number of benzene rings is 2. The van der Waals surface area contributed by atoms with E-state index >= 15 is 0 Å². The van der Waals surface area contributed by atoms with Crippen LogP contribution in [0.5, 0.6) is 0 Å². The fraction of sp³-hybridized carbons (Fsp3) is 0.125. The maximum absolute atomic E-state index is 12.4. The Bertz CT molecular complexity index is 695. The van der Waals surface area contributed by atoms with Crippen molar-refractivity contribution in [3.8, 4) is 0 Å². The number of hydrogen-bond donors (Lipinski definition) is 0. The molecule has 2 aromatic carbocycles. The van der Waals surface area contributed by atoms with Gasteiger partial charge in [-0.3, -0.25) is 14.7 Å². The molecule has 0 N–H and O–H groups in total. The summed E-state index contributed by atoms with van der Waals surface area (Å²) in [6.07, 6.45) is 0. The number of halogens is 1. The second-order valence-corrected chi connectivity index (χ2v) is 5.06. The van der Waals surface area contributed by atoms with E-state index in [-0.39, 0.29) is 12.5 Å². The second kappa shape index (κ2) is 5.10. The summed E-state index contributed by atoms with van der Waals surface area (Å²) in [6.45, 7) is 2.05. The first-order valence-corrected chi connectivity index (χ1v) is 6.73. The number of anilines is 2. The summed E-state index contributed by atoms with van der Waals surface area (Å²) in [4.78, 5) is 18.4. The monoisotopic (exact) mass is 284 g/mol. The van der Waals surface area contributed by atoms with Crippen molar-refractivity contribution in [2.75, 3.05) is 11.4 Å². The predicted molar refractivity (Wildman–Crippen MR) is 82.1 cm³/mol. The van der Waals surface area contributed by atoms with Crippen LogP contribution >= 0.6 is 11.6 Å². The molecule has 0 spiro atoms. The van der Waals surface area contributed by atoms with Crippen molar-refractivity contribution in [1.29, 1.82) is 0 Å². The Morgan fingerprint density at radius 2 is 1.90 bits per heavy atom. The Kier molecular flexibility index (Phi) is 3.28. The van der Waals surface area contributed by atoms with E-state index in [4.69, 9.17) is 11.6 Å². The molecule has 20 heavy (non-hydrogen) atoms. The van der Waals surface area contributed by atoms with Crippen molar-refractivity contribution < 1.29 is 4.79 Å². The van der Waals surface area contributed by atoms with Crippen LogP contribution in [0.25, 0.3) is 0 Å². The second-order valence-electron chi connectivity index (χ2n) is 4.63. The van der Waals surface area contributed by atoms with Gasteiger partial charge in [-0.1, -0.05) is 29.8 Å². The molecule has 0 bridgehead atoms. The van der Waals surface area contributed by atoms with Gasteiger partial charge in [0.1, 0.15) is 6.54 Å². The minimum absolute atomic E-state index is 0.0448. The molecule has 0 aliphatic carbocycles. The Balaban J connectivity index is 2.21. The van der Waals surface area contributed by atoms with Gasteiger partial charge in [0.25, 0.3) is 5.91 Å². The summed E-state index contributed by atoms with van der Waals surface area (Å²) in [5, 5.41) is 0.640. The molecule has 1 amide bonds. The van der Waals surface area contributed by atoms with Crippen LogP contribution < -0.4 is 4.90 Å². The Hall–Kier alpha value is -2.13. The van der Waals surface area contributed by atoms with Crippen LogP contribution in [0, 0.1) is 0 Å². The summed E-state index contributed by atoms with van der Waals surface area (Å²) < 4.78 is 0. The molecule has 100 valence electrons. The molecule has 0 saturated carbocycles. The third-order valence-corrected chi connectivity index (χ3v) is 3.54. The lowest BCUT2D eigenvalue weighted by Gasteiger charge is -2.23. The summed E-state index contributed by atoms with van der Waals surface area (Å²) in [6, 6.07) is 15.1. The lowest BCUT2D eigenvalue weighted by Crippen LogP contribution is -2.27. The zero-order valence-corrected chi connectivity index (χ0v) is 11.8. The molecule has 4 heteroatoms. The molecule has 2 aromatic rings. The van der Waals surface area contributed by atoms with Crippen LogP contribution in [-0.4, -0.2) is 18.2 Å². The van der Waals surface area contributed by atoms with Gasteiger partial charge < -0.3 is 0 Å². The number of amides is 1. The Morgan fingerprint density at radius 1 is 1.15 bits per heavy atom. The zero-order chi connectivity index (χ0) is 14.1. The number of para-hydroxylation sites is 1. The summed E-state index contributed by atoms with van der Waals surface area (Å²) in [7, 11) is 0. The lowest BCUT2D eigenvalue weighted by atomic mass is 10.1. The van der Waals surface area contributed by atoms with E-state index in [0.29, 0.717) is 5.02 Å². The number of carbonyl (C=O) groups is 1. The number of fused-ring (bicyclic) bond motifs is 1. The van der Waals surface area contributed by atoms with Crippen molar-refractivity contribution in [2.24, 2.45) is 4.99 Å². The molecule has 0 radical (unpaired) electrons. The minimum atomic E-state index is -0.0448. The number of hydrogen-bond acceptors (Lipinski definition) is 2. The highest BCUT2D eigenvalue weighted by Crippen LogP contribution is 2.32. The van der Waals surface area contributed by atoms with Crippen LogP contribution in [-0.2, 0) is 4.79 Å². The molecule has 3 rings (SSSR count).